The minimum Gasteiger partial charge on any atom is -0.507 e. The second-order valence-electron chi connectivity index (χ2n) is 5.54. The van der Waals surface area contributed by atoms with Gasteiger partial charge in [0.25, 0.3) is 5.91 Å². The smallest absolute Gasteiger partial charge is 0.267 e. The third kappa shape index (κ3) is 3.70. The van der Waals surface area contributed by atoms with Crippen LogP contribution in [-0.2, 0) is 4.79 Å². The van der Waals surface area contributed by atoms with Crippen LogP contribution < -0.4 is 10.6 Å². The number of phenols is 1. The van der Waals surface area contributed by atoms with Crippen LogP contribution in [0.4, 0.5) is 20.2 Å². The summed E-state index contributed by atoms with van der Waals surface area (Å²) in [5.74, 6) is -2.42. The Morgan fingerprint density at radius 3 is 2.33 bits per heavy atom. The molecule has 0 fully saturated rings. The summed E-state index contributed by atoms with van der Waals surface area (Å²) in [5.41, 5.74) is -0.463. The largest absolute Gasteiger partial charge is 0.507 e. The Balaban J connectivity index is 1.87. The van der Waals surface area contributed by atoms with Crippen LogP contribution >= 0.6 is 0 Å². The van der Waals surface area contributed by atoms with Gasteiger partial charge in [0.05, 0.1) is 0 Å². The fourth-order valence-electron chi connectivity index (χ4n) is 2.52. The van der Waals surface area contributed by atoms with Crippen molar-refractivity contribution >= 4 is 28.1 Å². The predicted molar refractivity (Wildman–Crippen MR) is 97.9 cm³/mol. The van der Waals surface area contributed by atoms with E-state index in [9.17, 15) is 23.9 Å². The number of para-hydroxylation sites is 1. The molecule has 27 heavy (non-hydrogen) atoms. The molecule has 0 aromatic heterocycles. The monoisotopic (exact) mass is 365 g/mol. The molecule has 0 radical (unpaired) electrons. The van der Waals surface area contributed by atoms with Crippen LogP contribution in [0.2, 0.25) is 0 Å². The molecule has 7 heteroatoms. The van der Waals surface area contributed by atoms with E-state index in [0.29, 0.717) is 16.5 Å². The van der Waals surface area contributed by atoms with Gasteiger partial charge in [-0.1, -0.05) is 30.3 Å². The highest BCUT2D eigenvalue weighted by Gasteiger charge is 2.13. The average molecular weight is 365 g/mol. The minimum atomic E-state index is -0.853. The van der Waals surface area contributed by atoms with E-state index in [0.717, 1.165) is 18.3 Å². The summed E-state index contributed by atoms with van der Waals surface area (Å²) >= 11 is 0. The molecule has 0 aliphatic carbocycles. The van der Waals surface area contributed by atoms with Crippen LogP contribution in [0.5, 0.6) is 5.75 Å². The lowest BCUT2D eigenvalue weighted by atomic mass is 10.1. The van der Waals surface area contributed by atoms with E-state index in [1.54, 1.807) is 36.4 Å². The van der Waals surface area contributed by atoms with E-state index in [4.69, 9.17) is 0 Å². The second kappa shape index (κ2) is 7.54. The van der Waals surface area contributed by atoms with Crippen molar-refractivity contribution in [2.45, 2.75) is 0 Å². The molecule has 3 N–H and O–H groups in total. The number of fused-ring (bicyclic) bond motifs is 1. The highest BCUT2D eigenvalue weighted by Crippen LogP contribution is 2.30. The van der Waals surface area contributed by atoms with E-state index in [1.165, 1.54) is 12.1 Å². The highest BCUT2D eigenvalue weighted by atomic mass is 19.1. The van der Waals surface area contributed by atoms with E-state index in [-0.39, 0.29) is 11.3 Å². The van der Waals surface area contributed by atoms with Gasteiger partial charge in [0.1, 0.15) is 34.7 Å². The van der Waals surface area contributed by atoms with Gasteiger partial charge in [-0.3, -0.25) is 4.79 Å². The minimum absolute atomic E-state index is 0.0522. The molecule has 3 rings (SSSR count). The predicted octanol–water partition coefficient (Wildman–Crippen LogP) is 4.28. The molecule has 0 saturated carbocycles. The third-order valence-corrected chi connectivity index (χ3v) is 3.84. The summed E-state index contributed by atoms with van der Waals surface area (Å²) in [4.78, 5) is 12.4. The molecule has 3 aromatic rings. The zero-order chi connectivity index (χ0) is 19.4. The number of aromatic hydroxyl groups is 1. The first-order valence-corrected chi connectivity index (χ1v) is 7.84. The maximum atomic E-state index is 13.6. The Kier molecular flexibility index (Phi) is 4.99. The van der Waals surface area contributed by atoms with Gasteiger partial charge < -0.3 is 15.7 Å². The molecule has 3 aromatic carbocycles. The summed E-state index contributed by atoms with van der Waals surface area (Å²) in [6.45, 7) is 0. The molecule has 0 spiro atoms. The molecular formula is C20H13F2N3O2. The third-order valence-electron chi connectivity index (χ3n) is 3.84. The van der Waals surface area contributed by atoms with E-state index in [2.05, 4.69) is 10.6 Å². The normalized spacial score (nSPS) is 11.1. The van der Waals surface area contributed by atoms with Crippen LogP contribution in [0, 0.1) is 23.0 Å². The van der Waals surface area contributed by atoms with Crippen LogP contribution in [0.25, 0.3) is 10.8 Å². The lowest BCUT2D eigenvalue weighted by Gasteiger charge is -2.09. The summed E-state index contributed by atoms with van der Waals surface area (Å²) in [6, 6.07) is 14.8. The first-order chi connectivity index (χ1) is 13.0. The van der Waals surface area contributed by atoms with Crippen LogP contribution in [0.3, 0.4) is 0 Å². The van der Waals surface area contributed by atoms with Crippen molar-refractivity contribution in [3.05, 3.63) is 78.0 Å². The van der Waals surface area contributed by atoms with Gasteiger partial charge in [-0.15, -0.1) is 0 Å². The first kappa shape index (κ1) is 17.9. The number of rotatable bonds is 4. The number of amides is 1. The van der Waals surface area contributed by atoms with Crippen molar-refractivity contribution in [3.63, 3.8) is 0 Å². The number of anilines is 2. The lowest BCUT2D eigenvalue weighted by Crippen LogP contribution is -2.15. The van der Waals surface area contributed by atoms with Gasteiger partial charge in [0.2, 0.25) is 0 Å². The Labute approximate surface area is 153 Å². The summed E-state index contributed by atoms with van der Waals surface area (Å²) in [7, 11) is 0. The number of nitrogens with one attached hydrogen (secondary N) is 2. The Morgan fingerprint density at radius 2 is 1.63 bits per heavy atom. The quantitative estimate of drug-likeness (QED) is 0.476. The number of hydrogen-bond donors (Lipinski definition) is 3. The maximum absolute atomic E-state index is 13.6. The van der Waals surface area contributed by atoms with Gasteiger partial charge in [-0.2, -0.15) is 5.26 Å². The van der Waals surface area contributed by atoms with Crippen LogP contribution in [0.1, 0.15) is 0 Å². The average Bonchev–Trinajstić information content (AvgIpc) is 2.65. The molecule has 0 bridgehead atoms. The number of carbonyl (C=O) groups excluding carboxylic acids is 1. The van der Waals surface area contributed by atoms with Crippen molar-refractivity contribution in [2.24, 2.45) is 0 Å². The van der Waals surface area contributed by atoms with Gasteiger partial charge in [0.15, 0.2) is 0 Å². The standard InChI is InChI=1S/C20H13F2N3O2/c21-15-6-3-7-16(22)19(15)24-11-12(10-23)20(27)25-17-8-1-5-14-13(17)4-2-9-18(14)26/h1-9,11,24,26H,(H,25,27)/b12-11-. The molecular weight excluding hydrogens is 352 g/mol. The Bertz CT molecular complexity index is 1080. The van der Waals surface area contributed by atoms with Gasteiger partial charge in [0, 0.05) is 22.7 Å². The molecule has 0 atom stereocenters. The summed E-state index contributed by atoms with van der Waals surface area (Å²) in [6.07, 6.45) is 0.930. The topological polar surface area (TPSA) is 85.2 Å². The van der Waals surface area contributed by atoms with E-state index >= 15 is 0 Å². The zero-order valence-corrected chi connectivity index (χ0v) is 13.8. The molecule has 134 valence electrons. The molecule has 0 unspecified atom stereocenters. The maximum Gasteiger partial charge on any atom is 0.267 e. The van der Waals surface area contributed by atoms with Gasteiger partial charge in [-0.05, 0) is 24.3 Å². The van der Waals surface area contributed by atoms with Crippen molar-refractivity contribution in [3.8, 4) is 11.8 Å². The van der Waals surface area contributed by atoms with Crippen molar-refractivity contribution < 1.29 is 18.7 Å². The van der Waals surface area contributed by atoms with Crippen molar-refractivity contribution in [1.82, 2.24) is 0 Å². The molecule has 0 heterocycles. The molecule has 1 amide bonds. The fraction of sp³-hybridized carbons (Fsp3) is 0. The lowest BCUT2D eigenvalue weighted by molar-refractivity contribution is -0.112. The highest BCUT2D eigenvalue weighted by molar-refractivity contribution is 6.11. The number of hydrogen-bond acceptors (Lipinski definition) is 4. The van der Waals surface area contributed by atoms with E-state index in [1.807, 2.05) is 0 Å². The van der Waals surface area contributed by atoms with Crippen molar-refractivity contribution in [2.75, 3.05) is 10.6 Å². The Hall–Kier alpha value is -3.92. The van der Waals surface area contributed by atoms with Crippen molar-refractivity contribution in [1.29, 1.82) is 5.26 Å². The number of nitriles is 1. The van der Waals surface area contributed by atoms with Crippen LogP contribution in [-0.4, -0.2) is 11.0 Å². The van der Waals surface area contributed by atoms with Gasteiger partial charge in [-0.25, -0.2) is 8.78 Å². The number of halogens is 2. The van der Waals surface area contributed by atoms with E-state index < -0.39 is 23.2 Å². The zero-order valence-electron chi connectivity index (χ0n) is 13.8. The number of carbonyl (C=O) groups is 1. The number of phenolic OH excluding ortho intramolecular Hbond substituents is 1. The fourth-order valence-corrected chi connectivity index (χ4v) is 2.52. The summed E-state index contributed by atoms with van der Waals surface area (Å²) in [5, 5.41) is 25.1. The second-order valence-corrected chi connectivity index (χ2v) is 5.54. The number of nitrogens with zero attached hydrogens (tertiary/aromatic N) is 1. The molecule has 0 saturated heterocycles. The summed E-state index contributed by atoms with van der Waals surface area (Å²) < 4.78 is 27.3. The number of benzene rings is 3. The molecule has 0 aliphatic rings. The van der Waals surface area contributed by atoms with Crippen LogP contribution in [0.15, 0.2) is 66.4 Å². The first-order valence-electron chi connectivity index (χ1n) is 7.84. The molecule has 0 aliphatic heterocycles. The molecule has 5 nitrogen and oxygen atoms in total. The SMILES string of the molecule is N#C/C(=C/Nc1c(F)cccc1F)C(=O)Nc1cccc2c(O)cccc12. The van der Waals surface area contributed by atoms with Gasteiger partial charge >= 0.3 is 0 Å². The Morgan fingerprint density at radius 1 is 1.00 bits per heavy atom.